The van der Waals surface area contributed by atoms with Crippen molar-refractivity contribution in [3.05, 3.63) is 34.5 Å². The Bertz CT molecular complexity index is 853. The SMILES string of the molecule is Cc1cc(C)c2cc(C(=O)N[C@@H]3CCNC3)[nH]c2c1C.O=C(O)C(F)(F)F. The third-order valence-electron chi connectivity index (χ3n) is 4.52. The molecule has 6 nitrogen and oxygen atoms in total. The number of benzene rings is 1. The quantitative estimate of drug-likeness (QED) is 0.640. The van der Waals surface area contributed by atoms with Gasteiger partial charge in [0.1, 0.15) is 5.69 Å². The number of aromatic amines is 1. The van der Waals surface area contributed by atoms with Crippen LogP contribution < -0.4 is 10.6 Å². The monoisotopic (exact) mass is 385 g/mol. The number of aromatic nitrogens is 1. The van der Waals surface area contributed by atoms with Gasteiger partial charge in [-0.3, -0.25) is 4.79 Å². The number of hydrogen-bond acceptors (Lipinski definition) is 3. The molecule has 1 saturated heterocycles. The number of aryl methyl sites for hydroxylation is 3. The molecule has 4 N–H and O–H groups in total. The van der Waals surface area contributed by atoms with E-state index < -0.39 is 12.1 Å². The summed E-state index contributed by atoms with van der Waals surface area (Å²) in [4.78, 5) is 24.5. The molecule has 0 aliphatic carbocycles. The van der Waals surface area contributed by atoms with E-state index in [0.29, 0.717) is 5.69 Å². The lowest BCUT2D eigenvalue weighted by atomic mass is 10.0. The van der Waals surface area contributed by atoms with Gasteiger partial charge in [0, 0.05) is 23.5 Å². The Hall–Kier alpha value is -2.55. The van der Waals surface area contributed by atoms with Gasteiger partial charge in [-0.1, -0.05) is 6.07 Å². The van der Waals surface area contributed by atoms with Gasteiger partial charge < -0.3 is 20.7 Å². The summed E-state index contributed by atoms with van der Waals surface area (Å²) >= 11 is 0. The second-order valence-electron chi connectivity index (χ2n) is 6.57. The van der Waals surface area contributed by atoms with E-state index in [9.17, 15) is 18.0 Å². The molecule has 1 aliphatic rings. The van der Waals surface area contributed by atoms with Crippen LogP contribution in [0.1, 0.15) is 33.6 Å². The fourth-order valence-electron chi connectivity index (χ4n) is 2.93. The Morgan fingerprint density at radius 3 is 2.33 bits per heavy atom. The van der Waals surface area contributed by atoms with Crippen molar-refractivity contribution in [1.82, 2.24) is 15.6 Å². The fraction of sp³-hybridized carbons (Fsp3) is 0.444. The van der Waals surface area contributed by atoms with Gasteiger partial charge in [-0.2, -0.15) is 13.2 Å². The van der Waals surface area contributed by atoms with Crippen LogP contribution in [0.3, 0.4) is 0 Å². The summed E-state index contributed by atoms with van der Waals surface area (Å²) in [5.41, 5.74) is 5.41. The number of hydrogen-bond donors (Lipinski definition) is 4. The molecule has 0 saturated carbocycles. The van der Waals surface area contributed by atoms with Crippen molar-refractivity contribution in [2.24, 2.45) is 0 Å². The summed E-state index contributed by atoms with van der Waals surface area (Å²) in [5.74, 6) is -2.76. The van der Waals surface area contributed by atoms with E-state index in [-0.39, 0.29) is 11.9 Å². The number of nitrogens with one attached hydrogen (secondary N) is 3. The molecule has 1 aliphatic heterocycles. The molecule has 1 fully saturated rings. The third-order valence-corrected chi connectivity index (χ3v) is 4.52. The van der Waals surface area contributed by atoms with Crippen LogP contribution in [0.5, 0.6) is 0 Å². The Balaban J connectivity index is 0.000000321. The summed E-state index contributed by atoms with van der Waals surface area (Å²) in [6.07, 6.45) is -4.08. The van der Waals surface area contributed by atoms with Crippen LogP contribution in [0.4, 0.5) is 13.2 Å². The molecule has 0 unspecified atom stereocenters. The standard InChI is InChI=1S/C16H21N3O.C2HF3O2/c1-9-6-10(2)13-7-14(19-15(13)11(9)3)16(20)18-12-4-5-17-8-12;3-2(4,5)1(6)7/h6-7,12,17,19H,4-5,8H2,1-3H3,(H,18,20);(H,6,7)/t12-;/m1./s1. The number of rotatable bonds is 2. The molecule has 1 atom stereocenters. The van der Waals surface area contributed by atoms with Crippen molar-refractivity contribution in [1.29, 1.82) is 0 Å². The normalized spacial score (nSPS) is 16.7. The number of amides is 1. The van der Waals surface area contributed by atoms with Crippen molar-refractivity contribution in [2.75, 3.05) is 13.1 Å². The molecular formula is C18H22F3N3O3. The topological polar surface area (TPSA) is 94.2 Å². The number of alkyl halides is 3. The molecule has 1 aromatic heterocycles. The molecule has 9 heteroatoms. The Morgan fingerprint density at radius 1 is 1.19 bits per heavy atom. The van der Waals surface area contributed by atoms with Crippen LogP contribution in [0.2, 0.25) is 0 Å². The second-order valence-corrected chi connectivity index (χ2v) is 6.57. The molecule has 27 heavy (non-hydrogen) atoms. The van der Waals surface area contributed by atoms with Crippen molar-refractivity contribution < 1.29 is 27.9 Å². The second kappa shape index (κ2) is 7.99. The lowest BCUT2D eigenvalue weighted by Gasteiger charge is -2.09. The highest BCUT2D eigenvalue weighted by Gasteiger charge is 2.38. The minimum atomic E-state index is -5.08. The van der Waals surface area contributed by atoms with Gasteiger partial charge in [-0.05, 0) is 56.5 Å². The molecule has 1 amide bonds. The van der Waals surface area contributed by atoms with Crippen LogP contribution in [-0.2, 0) is 4.79 Å². The molecule has 3 rings (SSSR count). The minimum absolute atomic E-state index is 0.00801. The van der Waals surface area contributed by atoms with Crippen molar-refractivity contribution in [2.45, 2.75) is 39.4 Å². The van der Waals surface area contributed by atoms with E-state index in [1.54, 1.807) is 0 Å². The number of carboxylic acid groups (broad SMARTS) is 1. The number of carbonyl (C=O) groups is 2. The van der Waals surface area contributed by atoms with Crippen LogP contribution in [0.25, 0.3) is 10.9 Å². The summed E-state index contributed by atoms with van der Waals surface area (Å²) in [5, 5.41) is 14.6. The first-order valence-corrected chi connectivity index (χ1v) is 8.42. The molecule has 2 heterocycles. The minimum Gasteiger partial charge on any atom is -0.475 e. The number of carbonyl (C=O) groups excluding carboxylic acids is 1. The highest BCUT2D eigenvalue weighted by atomic mass is 19.4. The van der Waals surface area contributed by atoms with Crippen molar-refractivity contribution in [3.63, 3.8) is 0 Å². The van der Waals surface area contributed by atoms with E-state index in [1.807, 2.05) is 6.07 Å². The van der Waals surface area contributed by atoms with Gasteiger partial charge in [0.05, 0.1) is 0 Å². The largest absolute Gasteiger partial charge is 0.490 e. The highest BCUT2D eigenvalue weighted by Crippen LogP contribution is 2.25. The van der Waals surface area contributed by atoms with Crippen molar-refractivity contribution in [3.8, 4) is 0 Å². The van der Waals surface area contributed by atoms with Crippen LogP contribution in [-0.4, -0.2) is 47.3 Å². The van der Waals surface area contributed by atoms with Gasteiger partial charge in [0.15, 0.2) is 0 Å². The van der Waals surface area contributed by atoms with Gasteiger partial charge in [-0.15, -0.1) is 0 Å². The Kier molecular flexibility index (Phi) is 6.15. The van der Waals surface area contributed by atoms with E-state index in [0.717, 1.165) is 30.4 Å². The van der Waals surface area contributed by atoms with Crippen LogP contribution in [0, 0.1) is 20.8 Å². The molecule has 0 spiro atoms. The summed E-state index contributed by atoms with van der Waals surface area (Å²) in [6, 6.07) is 4.39. The lowest BCUT2D eigenvalue weighted by molar-refractivity contribution is -0.192. The number of aliphatic carboxylic acids is 1. The average molecular weight is 385 g/mol. The number of H-pyrrole nitrogens is 1. The number of fused-ring (bicyclic) bond motifs is 1. The predicted octanol–water partition coefficient (Wildman–Crippen LogP) is 2.82. The molecule has 148 valence electrons. The summed E-state index contributed by atoms with van der Waals surface area (Å²) in [6.45, 7) is 8.13. The van der Waals surface area contributed by atoms with Crippen LogP contribution >= 0.6 is 0 Å². The summed E-state index contributed by atoms with van der Waals surface area (Å²) in [7, 11) is 0. The van der Waals surface area contributed by atoms with E-state index >= 15 is 0 Å². The fourth-order valence-corrected chi connectivity index (χ4v) is 2.93. The molecular weight excluding hydrogens is 363 g/mol. The first-order valence-electron chi connectivity index (χ1n) is 8.42. The average Bonchev–Trinajstić information content (AvgIpc) is 3.22. The lowest BCUT2D eigenvalue weighted by Crippen LogP contribution is -2.36. The molecule has 2 aromatic rings. The van der Waals surface area contributed by atoms with Gasteiger partial charge in [0.25, 0.3) is 5.91 Å². The number of halogens is 3. The maximum absolute atomic E-state index is 12.3. The maximum atomic E-state index is 12.3. The first kappa shape index (κ1) is 20.8. The first-order chi connectivity index (χ1) is 12.5. The number of carboxylic acids is 1. The van der Waals surface area contributed by atoms with E-state index in [1.165, 1.54) is 16.7 Å². The predicted molar refractivity (Wildman–Crippen MR) is 94.9 cm³/mol. The highest BCUT2D eigenvalue weighted by molar-refractivity contribution is 6.00. The zero-order valence-electron chi connectivity index (χ0n) is 15.3. The Morgan fingerprint density at radius 2 is 1.81 bits per heavy atom. The zero-order chi connectivity index (χ0) is 20.4. The van der Waals surface area contributed by atoms with E-state index in [4.69, 9.17) is 9.90 Å². The Labute approximate surface area is 154 Å². The smallest absolute Gasteiger partial charge is 0.475 e. The summed E-state index contributed by atoms with van der Waals surface area (Å²) < 4.78 is 31.7. The van der Waals surface area contributed by atoms with Crippen LogP contribution in [0.15, 0.2) is 12.1 Å². The van der Waals surface area contributed by atoms with Gasteiger partial charge >= 0.3 is 12.1 Å². The van der Waals surface area contributed by atoms with Gasteiger partial charge in [-0.25, -0.2) is 4.79 Å². The maximum Gasteiger partial charge on any atom is 0.490 e. The molecule has 0 bridgehead atoms. The van der Waals surface area contributed by atoms with Crippen molar-refractivity contribution >= 4 is 22.8 Å². The van der Waals surface area contributed by atoms with E-state index in [2.05, 4.69) is 42.5 Å². The van der Waals surface area contributed by atoms with Gasteiger partial charge in [0.2, 0.25) is 0 Å². The molecule has 0 radical (unpaired) electrons. The zero-order valence-corrected chi connectivity index (χ0v) is 15.3. The molecule has 1 aromatic carbocycles. The third kappa shape index (κ3) is 5.00.